The number of nitrogens with two attached hydrogens (primary N) is 1. The Morgan fingerprint density at radius 2 is 2.16 bits per heavy atom. The van der Waals surface area contributed by atoms with Crippen molar-refractivity contribution < 1.29 is 9.18 Å². The topological polar surface area (TPSA) is 67.4 Å². The summed E-state index contributed by atoms with van der Waals surface area (Å²) in [5.74, 6) is 0.829. The number of aromatic nitrogens is 2. The molecule has 1 aromatic heterocycles. The Labute approximate surface area is 146 Å². The first-order valence-electron chi connectivity index (χ1n) is 8.92. The maximum atomic E-state index is 13.8. The van der Waals surface area contributed by atoms with Gasteiger partial charge in [0.1, 0.15) is 12.7 Å². The second-order valence-electron chi connectivity index (χ2n) is 7.14. The van der Waals surface area contributed by atoms with E-state index in [0.29, 0.717) is 19.5 Å². The number of carbonyl (C=O) groups excluding carboxylic acids is 1. The number of nitrogens with zero attached hydrogens (tertiary/aromatic N) is 4. The molecule has 25 heavy (non-hydrogen) atoms. The van der Waals surface area contributed by atoms with E-state index in [2.05, 4.69) is 6.07 Å². The smallest absolute Gasteiger partial charge is 0.242 e. The number of fused-ring (bicyclic) bond motifs is 1. The largest absolute Gasteiger partial charge is 0.341 e. The van der Waals surface area contributed by atoms with Gasteiger partial charge in [-0.15, -0.1) is 0 Å². The number of rotatable bonds is 3. The van der Waals surface area contributed by atoms with Crippen molar-refractivity contribution in [1.29, 1.82) is 0 Å². The molecule has 0 bridgehead atoms. The van der Waals surface area contributed by atoms with Crippen LogP contribution in [0.5, 0.6) is 0 Å². The highest BCUT2D eigenvalue weighted by molar-refractivity contribution is 5.84. The average Bonchev–Trinajstić information content (AvgIpc) is 2.86. The van der Waals surface area contributed by atoms with E-state index >= 15 is 0 Å². The Hall–Kier alpha value is -2.15. The molecule has 2 aromatic rings. The fourth-order valence-corrected chi connectivity index (χ4v) is 3.55. The van der Waals surface area contributed by atoms with Crippen LogP contribution in [0.3, 0.4) is 0 Å². The van der Waals surface area contributed by atoms with E-state index in [1.807, 2.05) is 33.4 Å². The van der Waals surface area contributed by atoms with E-state index in [1.165, 1.54) is 0 Å². The molecule has 0 spiro atoms. The van der Waals surface area contributed by atoms with Gasteiger partial charge in [-0.25, -0.2) is 9.37 Å². The minimum Gasteiger partial charge on any atom is -0.341 e. The monoisotopic (exact) mass is 345 g/mol. The summed E-state index contributed by atoms with van der Waals surface area (Å²) >= 11 is 0. The van der Waals surface area contributed by atoms with Crippen LogP contribution in [0.4, 0.5) is 10.3 Å². The van der Waals surface area contributed by atoms with Crippen LogP contribution in [0, 0.1) is 6.92 Å². The van der Waals surface area contributed by atoms with Crippen molar-refractivity contribution in [2.45, 2.75) is 38.5 Å². The third-order valence-electron chi connectivity index (χ3n) is 5.24. The van der Waals surface area contributed by atoms with Crippen LogP contribution in [-0.2, 0) is 11.3 Å². The number of amides is 1. The van der Waals surface area contributed by atoms with Gasteiger partial charge in [-0.05, 0) is 37.5 Å². The van der Waals surface area contributed by atoms with Crippen molar-refractivity contribution in [3.05, 3.63) is 23.8 Å². The van der Waals surface area contributed by atoms with Crippen LogP contribution in [-0.4, -0.2) is 58.8 Å². The molecule has 2 fully saturated rings. The third-order valence-corrected chi connectivity index (χ3v) is 5.24. The average molecular weight is 345 g/mol. The van der Waals surface area contributed by atoms with E-state index < -0.39 is 12.2 Å². The van der Waals surface area contributed by atoms with Gasteiger partial charge < -0.3 is 20.1 Å². The second-order valence-corrected chi connectivity index (χ2v) is 7.14. The molecular weight excluding hydrogens is 321 g/mol. The number of aryl methyl sites for hydroxylation is 1. The van der Waals surface area contributed by atoms with Gasteiger partial charge in [0, 0.05) is 26.2 Å². The molecule has 134 valence electrons. The molecule has 3 heterocycles. The van der Waals surface area contributed by atoms with Crippen molar-refractivity contribution >= 4 is 22.9 Å². The number of alkyl halides is 1. The molecule has 2 aliphatic rings. The fourth-order valence-electron chi connectivity index (χ4n) is 3.55. The zero-order valence-electron chi connectivity index (χ0n) is 14.5. The van der Waals surface area contributed by atoms with E-state index in [1.54, 1.807) is 0 Å². The molecule has 0 radical (unpaired) electrons. The zero-order valence-corrected chi connectivity index (χ0v) is 14.5. The van der Waals surface area contributed by atoms with E-state index in [4.69, 9.17) is 10.7 Å². The molecule has 1 aromatic carbocycles. The van der Waals surface area contributed by atoms with Crippen molar-refractivity contribution in [3.8, 4) is 0 Å². The first-order valence-corrected chi connectivity index (χ1v) is 8.92. The maximum Gasteiger partial charge on any atom is 0.242 e. The predicted octanol–water partition coefficient (Wildman–Crippen LogP) is 1.45. The molecule has 0 unspecified atom stereocenters. The highest BCUT2D eigenvalue weighted by atomic mass is 19.1. The lowest BCUT2D eigenvalue weighted by Crippen LogP contribution is -2.50. The van der Waals surface area contributed by atoms with Gasteiger partial charge in [-0.3, -0.25) is 4.79 Å². The summed E-state index contributed by atoms with van der Waals surface area (Å²) in [5, 5.41) is 0. The number of imidazole rings is 1. The first-order chi connectivity index (χ1) is 12.0. The van der Waals surface area contributed by atoms with E-state index in [-0.39, 0.29) is 12.5 Å². The molecule has 0 aliphatic carbocycles. The van der Waals surface area contributed by atoms with Gasteiger partial charge in [0.15, 0.2) is 0 Å². The quantitative estimate of drug-likeness (QED) is 0.914. The Morgan fingerprint density at radius 1 is 1.36 bits per heavy atom. The summed E-state index contributed by atoms with van der Waals surface area (Å²) in [5.41, 5.74) is 8.85. The molecule has 0 saturated carbocycles. The Bertz CT molecular complexity index is 800. The van der Waals surface area contributed by atoms with E-state index in [0.717, 1.165) is 42.1 Å². The SMILES string of the molecule is Cc1ccc2nc(N3CC[C@H](F)[C@H](N)C3)n(CC(=O)N3CCC3)c2c1. The summed E-state index contributed by atoms with van der Waals surface area (Å²) in [6.07, 6.45) is 0.490. The highest BCUT2D eigenvalue weighted by Crippen LogP contribution is 2.27. The summed E-state index contributed by atoms with van der Waals surface area (Å²) in [6.45, 7) is 4.94. The number of benzene rings is 1. The van der Waals surface area contributed by atoms with Crippen LogP contribution in [0.1, 0.15) is 18.4 Å². The molecule has 2 atom stereocenters. The second kappa shape index (κ2) is 6.29. The highest BCUT2D eigenvalue weighted by Gasteiger charge is 2.30. The number of anilines is 1. The fraction of sp³-hybridized carbons (Fsp3) is 0.556. The number of halogens is 1. The Balaban J connectivity index is 1.71. The minimum atomic E-state index is -0.973. The van der Waals surface area contributed by atoms with Gasteiger partial charge in [0.2, 0.25) is 11.9 Å². The summed E-state index contributed by atoms with van der Waals surface area (Å²) in [6, 6.07) is 5.52. The maximum absolute atomic E-state index is 13.8. The van der Waals surface area contributed by atoms with Crippen LogP contribution in [0.25, 0.3) is 11.0 Å². The number of hydrogen-bond donors (Lipinski definition) is 1. The van der Waals surface area contributed by atoms with Crippen LogP contribution in [0.2, 0.25) is 0 Å². The number of carbonyl (C=O) groups is 1. The lowest BCUT2D eigenvalue weighted by atomic mass is 10.1. The lowest BCUT2D eigenvalue weighted by molar-refractivity contribution is -0.135. The molecule has 1 amide bonds. The number of piperidine rings is 1. The molecule has 2 N–H and O–H groups in total. The molecule has 2 aliphatic heterocycles. The van der Waals surface area contributed by atoms with Crippen LogP contribution in [0.15, 0.2) is 18.2 Å². The van der Waals surface area contributed by atoms with Crippen molar-refractivity contribution in [3.63, 3.8) is 0 Å². The number of likely N-dealkylation sites (tertiary alicyclic amines) is 1. The molecular formula is C18H24FN5O. The molecule has 4 rings (SSSR count). The van der Waals surface area contributed by atoms with Crippen LogP contribution < -0.4 is 10.6 Å². The standard InChI is InChI=1S/C18H24FN5O/c1-12-3-4-15-16(9-12)24(11-17(25)22-6-2-7-22)18(21-15)23-8-5-13(19)14(20)10-23/h3-4,9,13-14H,2,5-8,10-11,20H2,1H3/t13-,14+/m0/s1. The first kappa shape index (κ1) is 16.3. The van der Waals surface area contributed by atoms with Crippen molar-refractivity contribution in [2.24, 2.45) is 5.73 Å². The summed E-state index contributed by atoms with van der Waals surface area (Å²) in [4.78, 5) is 21.2. The number of hydrogen-bond acceptors (Lipinski definition) is 4. The Kier molecular flexibility index (Phi) is 4.11. The minimum absolute atomic E-state index is 0.109. The van der Waals surface area contributed by atoms with Crippen molar-refractivity contribution in [1.82, 2.24) is 14.5 Å². The van der Waals surface area contributed by atoms with Crippen molar-refractivity contribution in [2.75, 3.05) is 31.1 Å². The van der Waals surface area contributed by atoms with Crippen LogP contribution >= 0.6 is 0 Å². The normalized spacial score (nSPS) is 23.8. The molecule has 7 heteroatoms. The van der Waals surface area contributed by atoms with E-state index in [9.17, 15) is 9.18 Å². The molecule has 6 nitrogen and oxygen atoms in total. The predicted molar refractivity (Wildman–Crippen MR) is 95.4 cm³/mol. The zero-order chi connectivity index (χ0) is 17.6. The van der Waals surface area contributed by atoms with Gasteiger partial charge in [-0.2, -0.15) is 0 Å². The van der Waals surface area contributed by atoms with Gasteiger partial charge >= 0.3 is 0 Å². The third kappa shape index (κ3) is 2.97. The Morgan fingerprint density at radius 3 is 2.84 bits per heavy atom. The lowest BCUT2D eigenvalue weighted by Gasteiger charge is -2.35. The van der Waals surface area contributed by atoms with Gasteiger partial charge in [0.25, 0.3) is 0 Å². The molecule has 2 saturated heterocycles. The van der Waals surface area contributed by atoms with Gasteiger partial charge in [-0.1, -0.05) is 6.07 Å². The summed E-state index contributed by atoms with van der Waals surface area (Å²) in [7, 11) is 0. The summed E-state index contributed by atoms with van der Waals surface area (Å²) < 4.78 is 15.7. The van der Waals surface area contributed by atoms with Gasteiger partial charge in [0.05, 0.1) is 17.1 Å².